The summed E-state index contributed by atoms with van der Waals surface area (Å²) in [5.41, 5.74) is 10.4. The van der Waals surface area contributed by atoms with E-state index in [1.807, 2.05) is 41.0 Å². The Bertz CT molecular complexity index is 1530. The van der Waals surface area contributed by atoms with Crippen LogP contribution in [0.15, 0.2) is 79.1 Å². The van der Waals surface area contributed by atoms with Crippen LogP contribution in [-0.2, 0) is 6.54 Å². The number of halogens is 2. The summed E-state index contributed by atoms with van der Waals surface area (Å²) in [4.78, 5) is 25.7. The largest absolute Gasteiger partial charge is 0.397 e. The number of nitrogens with two attached hydrogens (primary N) is 1. The van der Waals surface area contributed by atoms with Gasteiger partial charge in [0, 0.05) is 16.3 Å². The number of rotatable bonds is 6. The smallest absolute Gasteiger partial charge is 0.255 e. The van der Waals surface area contributed by atoms with Gasteiger partial charge in [0.05, 0.1) is 24.2 Å². The van der Waals surface area contributed by atoms with Gasteiger partial charge in [0.25, 0.3) is 5.91 Å². The van der Waals surface area contributed by atoms with Gasteiger partial charge in [0.2, 0.25) is 5.28 Å². The molecule has 0 bridgehead atoms. The summed E-state index contributed by atoms with van der Waals surface area (Å²) in [7, 11) is 0. The second-order valence-corrected chi connectivity index (χ2v) is 8.53. The number of nitrogens with zero attached hydrogens (tertiary/aromatic N) is 4. The summed E-state index contributed by atoms with van der Waals surface area (Å²) in [6.45, 7) is 0.480. The zero-order chi connectivity index (χ0) is 24.4. The van der Waals surface area contributed by atoms with Crippen molar-refractivity contribution in [1.29, 1.82) is 0 Å². The summed E-state index contributed by atoms with van der Waals surface area (Å²) in [6, 6.07) is 21.7. The summed E-state index contributed by atoms with van der Waals surface area (Å²) in [6.07, 6.45) is 1.68. The minimum atomic E-state index is -0.237. The van der Waals surface area contributed by atoms with E-state index in [9.17, 15) is 4.79 Å². The number of imidazole rings is 1. The molecule has 2 aromatic heterocycles. The number of benzene rings is 3. The van der Waals surface area contributed by atoms with Crippen molar-refractivity contribution in [3.8, 4) is 0 Å². The van der Waals surface area contributed by atoms with E-state index >= 15 is 0 Å². The molecule has 0 aliphatic carbocycles. The SMILES string of the molecule is Nc1ccccc1NC(=O)c1ccc(Cn2cnc3c(Nc4cccc(Cl)c4)nc(Cl)nc32)cc1. The normalized spacial score (nSPS) is 10.9. The van der Waals surface area contributed by atoms with E-state index in [4.69, 9.17) is 28.9 Å². The van der Waals surface area contributed by atoms with Crippen LogP contribution in [-0.4, -0.2) is 25.4 Å². The lowest BCUT2D eigenvalue weighted by molar-refractivity contribution is 0.102. The van der Waals surface area contributed by atoms with Crippen molar-refractivity contribution in [2.24, 2.45) is 0 Å². The lowest BCUT2D eigenvalue weighted by atomic mass is 10.1. The highest BCUT2D eigenvalue weighted by molar-refractivity contribution is 6.31. The predicted molar refractivity (Wildman–Crippen MR) is 139 cm³/mol. The molecule has 1 amide bonds. The number of aromatic nitrogens is 4. The molecule has 8 nitrogen and oxygen atoms in total. The Hall–Kier alpha value is -4.14. The molecular formula is C25H19Cl2N7O. The fraction of sp³-hybridized carbons (Fsp3) is 0.0400. The van der Waals surface area contributed by atoms with Crippen LogP contribution < -0.4 is 16.4 Å². The van der Waals surface area contributed by atoms with E-state index < -0.39 is 0 Å². The summed E-state index contributed by atoms with van der Waals surface area (Å²) in [5, 5.41) is 6.72. The number of fused-ring (bicyclic) bond motifs is 1. The van der Waals surface area contributed by atoms with E-state index in [-0.39, 0.29) is 11.2 Å². The number of carbonyl (C=O) groups is 1. The zero-order valence-corrected chi connectivity index (χ0v) is 19.8. The number of hydrogen-bond donors (Lipinski definition) is 3. The van der Waals surface area contributed by atoms with Crippen molar-refractivity contribution in [3.63, 3.8) is 0 Å². The van der Waals surface area contributed by atoms with E-state index in [1.165, 1.54) is 0 Å². The number of nitrogens with one attached hydrogen (secondary N) is 2. The topological polar surface area (TPSA) is 111 Å². The molecule has 0 unspecified atom stereocenters. The number of para-hydroxylation sites is 2. The van der Waals surface area contributed by atoms with Crippen molar-refractivity contribution >= 4 is 63.2 Å². The quantitative estimate of drug-likeness (QED) is 0.200. The average molecular weight is 504 g/mol. The van der Waals surface area contributed by atoms with Gasteiger partial charge in [0.15, 0.2) is 17.0 Å². The third-order valence-electron chi connectivity index (χ3n) is 5.30. The van der Waals surface area contributed by atoms with E-state index in [0.29, 0.717) is 45.5 Å². The lowest BCUT2D eigenvalue weighted by Gasteiger charge is -2.09. The number of hydrogen-bond acceptors (Lipinski definition) is 6. The molecule has 2 heterocycles. The average Bonchev–Trinajstić information content (AvgIpc) is 3.23. The van der Waals surface area contributed by atoms with Crippen LogP contribution in [0.25, 0.3) is 11.2 Å². The van der Waals surface area contributed by atoms with E-state index in [2.05, 4.69) is 25.6 Å². The molecule has 3 aromatic carbocycles. The Balaban J connectivity index is 1.35. The Kier molecular flexibility index (Phi) is 6.22. The summed E-state index contributed by atoms with van der Waals surface area (Å²) >= 11 is 12.3. The van der Waals surface area contributed by atoms with Crippen LogP contribution in [0.4, 0.5) is 22.9 Å². The van der Waals surface area contributed by atoms with Crippen LogP contribution in [0.1, 0.15) is 15.9 Å². The van der Waals surface area contributed by atoms with Gasteiger partial charge in [-0.1, -0.05) is 41.9 Å². The van der Waals surface area contributed by atoms with Gasteiger partial charge in [-0.05, 0) is 59.6 Å². The molecule has 35 heavy (non-hydrogen) atoms. The monoisotopic (exact) mass is 503 g/mol. The first-order chi connectivity index (χ1) is 17.0. The van der Waals surface area contributed by atoms with Crippen molar-refractivity contribution in [2.45, 2.75) is 6.54 Å². The standard InChI is InChI=1S/C25H19Cl2N7O/c26-17-4-3-5-18(12-17)30-22-21-23(33-25(27)32-22)34(14-29-21)13-15-8-10-16(11-9-15)24(35)31-20-7-2-1-6-19(20)28/h1-12,14H,13,28H2,(H,31,35)(H,30,32,33). The molecule has 174 valence electrons. The molecule has 0 fully saturated rings. The zero-order valence-electron chi connectivity index (χ0n) is 18.2. The van der Waals surface area contributed by atoms with Gasteiger partial charge in [-0.25, -0.2) is 4.98 Å². The molecule has 0 saturated carbocycles. The molecule has 0 atom stereocenters. The molecule has 0 saturated heterocycles. The van der Waals surface area contributed by atoms with Crippen LogP contribution >= 0.6 is 23.2 Å². The van der Waals surface area contributed by atoms with Crippen LogP contribution in [0.2, 0.25) is 10.3 Å². The van der Waals surface area contributed by atoms with E-state index in [1.54, 1.807) is 42.7 Å². The predicted octanol–water partition coefficient (Wildman–Crippen LogP) is 5.76. The minimum absolute atomic E-state index is 0.0935. The third-order valence-corrected chi connectivity index (χ3v) is 5.71. The minimum Gasteiger partial charge on any atom is -0.397 e. The molecule has 0 spiro atoms. The van der Waals surface area contributed by atoms with Gasteiger partial charge < -0.3 is 20.9 Å². The maximum absolute atomic E-state index is 12.6. The Labute approximate surface area is 210 Å². The number of nitrogen functional groups attached to an aromatic ring is 1. The number of amides is 1. The van der Waals surface area contributed by atoms with Crippen LogP contribution in [0, 0.1) is 0 Å². The maximum Gasteiger partial charge on any atom is 0.255 e. The van der Waals surface area contributed by atoms with Gasteiger partial charge >= 0.3 is 0 Å². The number of anilines is 4. The molecule has 5 aromatic rings. The fourth-order valence-electron chi connectivity index (χ4n) is 3.59. The Morgan fingerprint density at radius 1 is 0.971 bits per heavy atom. The summed E-state index contributed by atoms with van der Waals surface area (Å²) < 4.78 is 1.87. The Morgan fingerprint density at radius 3 is 2.54 bits per heavy atom. The third kappa shape index (κ3) is 5.03. The first-order valence-electron chi connectivity index (χ1n) is 10.6. The van der Waals surface area contributed by atoms with E-state index in [0.717, 1.165) is 11.3 Å². The van der Waals surface area contributed by atoms with Crippen LogP contribution in [0.3, 0.4) is 0 Å². The van der Waals surface area contributed by atoms with Crippen molar-refractivity contribution in [3.05, 3.63) is 101 Å². The molecule has 10 heteroatoms. The highest BCUT2D eigenvalue weighted by Gasteiger charge is 2.14. The molecule has 0 aliphatic rings. The van der Waals surface area contributed by atoms with Gasteiger partial charge in [-0.3, -0.25) is 4.79 Å². The fourth-order valence-corrected chi connectivity index (χ4v) is 3.94. The first kappa shape index (κ1) is 22.6. The first-order valence-corrected chi connectivity index (χ1v) is 11.4. The van der Waals surface area contributed by atoms with Crippen molar-refractivity contribution in [1.82, 2.24) is 19.5 Å². The highest BCUT2D eigenvalue weighted by atomic mass is 35.5. The lowest BCUT2D eigenvalue weighted by Crippen LogP contribution is -2.13. The second kappa shape index (κ2) is 9.61. The highest BCUT2D eigenvalue weighted by Crippen LogP contribution is 2.26. The Morgan fingerprint density at radius 2 is 1.77 bits per heavy atom. The molecule has 4 N–H and O–H groups in total. The second-order valence-electron chi connectivity index (χ2n) is 7.76. The van der Waals surface area contributed by atoms with Crippen molar-refractivity contribution in [2.75, 3.05) is 16.4 Å². The van der Waals surface area contributed by atoms with Crippen molar-refractivity contribution < 1.29 is 4.79 Å². The maximum atomic E-state index is 12.6. The van der Waals surface area contributed by atoms with Gasteiger partial charge in [0.1, 0.15) is 0 Å². The van der Waals surface area contributed by atoms with Gasteiger partial charge in [-0.2, -0.15) is 9.97 Å². The van der Waals surface area contributed by atoms with Crippen LogP contribution in [0.5, 0.6) is 0 Å². The number of carbonyl (C=O) groups excluding carboxylic acids is 1. The molecule has 0 aliphatic heterocycles. The molecular weight excluding hydrogens is 485 g/mol. The van der Waals surface area contributed by atoms with Gasteiger partial charge in [-0.15, -0.1) is 0 Å². The molecule has 5 rings (SSSR count). The molecule has 0 radical (unpaired) electrons. The summed E-state index contributed by atoms with van der Waals surface area (Å²) in [5.74, 6) is 0.243.